The normalized spacial score (nSPS) is 24.5. The molecule has 2 atom stereocenters. The number of piperidine rings is 1. The molecule has 0 bridgehead atoms. The van der Waals surface area contributed by atoms with Crippen LogP contribution in [0.4, 0.5) is 5.69 Å². The number of anilines is 1. The van der Waals surface area contributed by atoms with Crippen molar-refractivity contribution in [1.82, 2.24) is 4.90 Å². The lowest BCUT2D eigenvalue weighted by molar-refractivity contribution is -0.139. The van der Waals surface area contributed by atoms with Crippen LogP contribution < -0.4 is 4.90 Å². The lowest BCUT2D eigenvalue weighted by atomic mass is 9.97. The molecule has 4 heteroatoms. The summed E-state index contributed by atoms with van der Waals surface area (Å²) in [7, 11) is 0. The highest BCUT2D eigenvalue weighted by Crippen LogP contribution is 2.30. The van der Waals surface area contributed by atoms with Crippen LogP contribution in [0.2, 0.25) is 0 Å². The number of likely N-dealkylation sites (tertiary alicyclic amines) is 1. The van der Waals surface area contributed by atoms with Gasteiger partial charge in [-0.2, -0.15) is 0 Å². The van der Waals surface area contributed by atoms with Gasteiger partial charge in [-0.1, -0.05) is 13.0 Å². The van der Waals surface area contributed by atoms with Crippen LogP contribution >= 0.6 is 0 Å². The topological polar surface area (TPSA) is 40.6 Å². The lowest BCUT2D eigenvalue weighted by Crippen LogP contribution is -2.46. The Morgan fingerprint density at radius 3 is 2.71 bits per heavy atom. The van der Waals surface area contributed by atoms with Crippen LogP contribution in [-0.4, -0.2) is 35.8 Å². The van der Waals surface area contributed by atoms with E-state index in [9.17, 15) is 9.59 Å². The number of rotatable bonds is 3. The van der Waals surface area contributed by atoms with Crippen LogP contribution in [0.1, 0.15) is 50.2 Å². The number of hydrogen-bond acceptors (Lipinski definition) is 2. The first-order valence-corrected chi connectivity index (χ1v) is 9.19. The SMILES string of the molecule is CC[C@H]1CCCCN1C(=O)[C@H]1CC(=O)N(c2ccc(C)c(C)c2)C1. The average molecular weight is 328 g/mol. The van der Waals surface area contributed by atoms with Crippen molar-refractivity contribution < 1.29 is 9.59 Å². The molecule has 4 nitrogen and oxygen atoms in total. The second-order valence-corrected chi connectivity index (χ2v) is 7.26. The molecular formula is C20H28N2O2. The molecule has 130 valence electrons. The van der Waals surface area contributed by atoms with Crippen LogP contribution in [0.5, 0.6) is 0 Å². The van der Waals surface area contributed by atoms with Gasteiger partial charge in [0.2, 0.25) is 11.8 Å². The van der Waals surface area contributed by atoms with Gasteiger partial charge in [0.05, 0.1) is 5.92 Å². The summed E-state index contributed by atoms with van der Waals surface area (Å²) in [4.78, 5) is 29.3. The highest BCUT2D eigenvalue weighted by Gasteiger charge is 2.39. The van der Waals surface area contributed by atoms with E-state index in [1.165, 1.54) is 17.5 Å². The van der Waals surface area contributed by atoms with Crippen molar-refractivity contribution in [3.63, 3.8) is 0 Å². The summed E-state index contributed by atoms with van der Waals surface area (Å²) in [5, 5.41) is 0. The van der Waals surface area contributed by atoms with Crippen LogP contribution in [0.25, 0.3) is 0 Å². The van der Waals surface area contributed by atoms with E-state index in [0.29, 0.717) is 19.0 Å². The van der Waals surface area contributed by atoms with E-state index in [1.807, 2.05) is 17.0 Å². The number of carbonyl (C=O) groups excluding carboxylic acids is 2. The monoisotopic (exact) mass is 328 g/mol. The average Bonchev–Trinajstić information content (AvgIpc) is 2.98. The van der Waals surface area contributed by atoms with Crippen molar-refractivity contribution >= 4 is 17.5 Å². The number of carbonyl (C=O) groups is 2. The van der Waals surface area contributed by atoms with Gasteiger partial charge < -0.3 is 9.80 Å². The lowest BCUT2D eigenvalue weighted by Gasteiger charge is -2.36. The molecule has 1 aromatic carbocycles. The first-order chi connectivity index (χ1) is 11.5. The Bertz CT molecular complexity index is 641. The van der Waals surface area contributed by atoms with Gasteiger partial charge in [0.15, 0.2) is 0 Å². The Morgan fingerprint density at radius 2 is 2.00 bits per heavy atom. The van der Waals surface area contributed by atoms with Crippen molar-refractivity contribution in [2.75, 3.05) is 18.0 Å². The van der Waals surface area contributed by atoms with Gasteiger partial charge in [-0.15, -0.1) is 0 Å². The Morgan fingerprint density at radius 1 is 1.21 bits per heavy atom. The predicted molar refractivity (Wildman–Crippen MR) is 96.0 cm³/mol. The van der Waals surface area contributed by atoms with E-state index >= 15 is 0 Å². The third-order valence-corrected chi connectivity index (χ3v) is 5.66. The Kier molecular flexibility index (Phi) is 4.93. The molecule has 0 aliphatic carbocycles. The Balaban J connectivity index is 1.74. The molecule has 0 radical (unpaired) electrons. The largest absolute Gasteiger partial charge is 0.339 e. The number of benzene rings is 1. The molecule has 0 aromatic heterocycles. The molecule has 0 saturated carbocycles. The van der Waals surface area contributed by atoms with Gasteiger partial charge in [0, 0.05) is 31.2 Å². The summed E-state index contributed by atoms with van der Waals surface area (Å²) < 4.78 is 0. The molecule has 2 heterocycles. The molecule has 0 unspecified atom stereocenters. The van der Waals surface area contributed by atoms with Gasteiger partial charge in [-0.05, 0) is 62.8 Å². The molecule has 0 N–H and O–H groups in total. The summed E-state index contributed by atoms with van der Waals surface area (Å²) in [6.07, 6.45) is 4.75. The maximum Gasteiger partial charge on any atom is 0.228 e. The standard InChI is InChI=1S/C20H28N2O2/c1-4-17-7-5-6-10-21(17)20(24)16-12-19(23)22(13-16)18-9-8-14(2)15(3)11-18/h8-9,11,16-17H,4-7,10,12-13H2,1-3H3/t16-,17-/m0/s1. The van der Waals surface area contributed by atoms with Gasteiger partial charge in [-0.25, -0.2) is 0 Å². The molecule has 24 heavy (non-hydrogen) atoms. The third kappa shape index (κ3) is 3.19. The zero-order chi connectivity index (χ0) is 17.3. The zero-order valence-corrected chi connectivity index (χ0v) is 15.0. The molecule has 2 fully saturated rings. The zero-order valence-electron chi connectivity index (χ0n) is 15.0. The van der Waals surface area contributed by atoms with Gasteiger partial charge >= 0.3 is 0 Å². The van der Waals surface area contributed by atoms with E-state index in [0.717, 1.165) is 31.5 Å². The van der Waals surface area contributed by atoms with E-state index in [-0.39, 0.29) is 17.7 Å². The Labute approximate surface area is 144 Å². The number of nitrogens with zero attached hydrogens (tertiary/aromatic N) is 2. The van der Waals surface area contributed by atoms with Crippen LogP contribution in [0.15, 0.2) is 18.2 Å². The number of aryl methyl sites for hydroxylation is 2. The van der Waals surface area contributed by atoms with Crippen LogP contribution in [-0.2, 0) is 9.59 Å². The maximum atomic E-state index is 13.0. The molecule has 0 spiro atoms. The van der Waals surface area contributed by atoms with Crippen molar-refractivity contribution in [3.8, 4) is 0 Å². The highest BCUT2D eigenvalue weighted by atomic mass is 16.2. The molecule has 1 aromatic rings. The van der Waals surface area contributed by atoms with Gasteiger partial charge in [-0.3, -0.25) is 9.59 Å². The van der Waals surface area contributed by atoms with Gasteiger partial charge in [0.25, 0.3) is 0 Å². The molecule has 2 amide bonds. The fourth-order valence-electron chi connectivity index (χ4n) is 3.97. The van der Waals surface area contributed by atoms with E-state index in [2.05, 4.69) is 26.8 Å². The third-order valence-electron chi connectivity index (χ3n) is 5.66. The van der Waals surface area contributed by atoms with Crippen molar-refractivity contribution in [1.29, 1.82) is 0 Å². The van der Waals surface area contributed by atoms with Crippen LogP contribution in [0.3, 0.4) is 0 Å². The molecule has 2 aliphatic heterocycles. The highest BCUT2D eigenvalue weighted by molar-refractivity contribution is 6.00. The summed E-state index contributed by atoms with van der Waals surface area (Å²) in [5.74, 6) is 0.0640. The summed E-state index contributed by atoms with van der Waals surface area (Å²) in [5.41, 5.74) is 3.32. The molecule has 2 aliphatic rings. The second kappa shape index (κ2) is 6.96. The first kappa shape index (κ1) is 17.0. The van der Waals surface area contributed by atoms with Crippen LogP contribution in [0, 0.1) is 19.8 Å². The smallest absolute Gasteiger partial charge is 0.228 e. The second-order valence-electron chi connectivity index (χ2n) is 7.26. The minimum Gasteiger partial charge on any atom is -0.339 e. The summed E-state index contributed by atoms with van der Waals surface area (Å²) in [6.45, 7) is 7.65. The minimum atomic E-state index is -0.189. The van der Waals surface area contributed by atoms with Crippen molar-refractivity contribution in [3.05, 3.63) is 29.3 Å². The quantitative estimate of drug-likeness (QED) is 0.853. The van der Waals surface area contributed by atoms with E-state index < -0.39 is 0 Å². The summed E-state index contributed by atoms with van der Waals surface area (Å²) in [6, 6.07) is 6.45. The van der Waals surface area contributed by atoms with Crippen molar-refractivity contribution in [2.45, 2.75) is 58.9 Å². The summed E-state index contributed by atoms with van der Waals surface area (Å²) >= 11 is 0. The molecule has 2 saturated heterocycles. The number of amides is 2. The number of hydrogen-bond donors (Lipinski definition) is 0. The Hall–Kier alpha value is -1.84. The minimum absolute atomic E-state index is 0.0710. The molecular weight excluding hydrogens is 300 g/mol. The van der Waals surface area contributed by atoms with E-state index in [1.54, 1.807) is 4.90 Å². The predicted octanol–water partition coefficient (Wildman–Crippen LogP) is 3.45. The fourth-order valence-corrected chi connectivity index (χ4v) is 3.97. The maximum absolute atomic E-state index is 13.0. The first-order valence-electron chi connectivity index (χ1n) is 9.19. The van der Waals surface area contributed by atoms with E-state index in [4.69, 9.17) is 0 Å². The van der Waals surface area contributed by atoms with Gasteiger partial charge in [0.1, 0.15) is 0 Å². The fraction of sp³-hybridized carbons (Fsp3) is 0.600. The molecule has 3 rings (SSSR count). The van der Waals surface area contributed by atoms with Crippen molar-refractivity contribution in [2.24, 2.45) is 5.92 Å².